The van der Waals surface area contributed by atoms with Crippen LogP contribution in [0, 0.1) is 10.1 Å². The molecule has 2 heterocycles. The van der Waals surface area contributed by atoms with Gasteiger partial charge in [0.15, 0.2) is 4.96 Å². The Balaban J connectivity index is 1.77. The lowest BCUT2D eigenvalue weighted by atomic mass is 10.1. The van der Waals surface area contributed by atoms with E-state index in [-0.39, 0.29) is 29.1 Å². The first-order valence-electron chi connectivity index (χ1n) is 6.62. The Kier molecular flexibility index (Phi) is 3.96. The highest BCUT2D eigenvalue weighted by atomic mass is 32.1. The molecule has 3 aromatic rings. The standard InChI is InChI=1S/C14H10N4O5S/c15-11-6-9(18(21)22)1-2-10(11)13(20)23-7-8-5-12(19)17-3-4-24-14(17)16-8/h1-6H,7,15H2. The molecule has 0 amide bonds. The van der Waals surface area contributed by atoms with Crippen molar-refractivity contribution in [1.29, 1.82) is 0 Å². The zero-order chi connectivity index (χ0) is 17.3. The first kappa shape index (κ1) is 15.6. The number of nitrogens with zero attached hydrogens (tertiary/aromatic N) is 3. The molecule has 0 saturated heterocycles. The molecule has 0 fully saturated rings. The van der Waals surface area contributed by atoms with Crippen LogP contribution in [-0.2, 0) is 11.3 Å². The molecular formula is C14H10N4O5S. The van der Waals surface area contributed by atoms with Crippen molar-refractivity contribution in [3.8, 4) is 0 Å². The zero-order valence-electron chi connectivity index (χ0n) is 12.0. The molecule has 122 valence electrons. The lowest BCUT2D eigenvalue weighted by Gasteiger charge is -2.06. The van der Waals surface area contributed by atoms with Crippen molar-refractivity contribution >= 4 is 33.6 Å². The van der Waals surface area contributed by atoms with Crippen LogP contribution in [0.5, 0.6) is 0 Å². The number of ether oxygens (including phenoxy) is 1. The van der Waals surface area contributed by atoms with E-state index in [0.29, 0.717) is 10.7 Å². The molecule has 24 heavy (non-hydrogen) atoms. The number of hydrogen-bond acceptors (Lipinski definition) is 8. The molecule has 0 aliphatic rings. The summed E-state index contributed by atoms with van der Waals surface area (Å²) in [5.41, 5.74) is 5.40. The third kappa shape index (κ3) is 2.94. The summed E-state index contributed by atoms with van der Waals surface area (Å²) in [4.78, 5) is 38.6. The summed E-state index contributed by atoms with van der Waals surface area (Å²) in [5.74, 6) is -0.754. The van der Waals surface area contributed by atoms with Crippen LogP contribution in [0.3, 0.4) is 0 Å². The Hall–Kier alpha value is -3.27. The van der Waals surface area contributed by atoms with Crippen molar-refractivity contribution in [2.75, 3.05) is 5.73 Å². The van der Waals surface area contributed by atoms with E-state index in [0.717, 1.165) is 12.1 Å². The van der Waals surface area contributed by atoms with Crippen LogP contribution in [0.2, 0.25) is 0 Å². The van der Waals surface area contributed by atoms with Crippen molar-refractivity contribution in [2.24, 2.45) is 0 Å². The van der Waals surface area contributed by atoms with Gasteiger partial charge in [0.25, 0.3) is 11.2 Å². The number of nitro groups is 1. The number of nitrogen functional groups attached to an aromatic ring is 1. The van der Waals surface area contributed by atoms with Crippen molar-refractivity contribution in [2.45, 2.75) is 6.61 Å². The van der Waals surface area contributed by atoms with E-state index in [4.69, 9.17) is 10.5 Å². The van der Waals surface area contributed by atoms with Gasteiger partial charge in [-0.15, -0.1) is 11.3 Å². The lowest BCUT2D eigenvalue weighted by Crippen LogP contribution is -2.15. The highest BCUT2D eigenvalue weighted by Crippen LogP contribution is 2.20. The zero-order valence-corrected chi connectivity index (χ0v) is 12.9. The molecule has 2 N–H and O–H groups in total. The number of hydrogen-bond donors (Lipinski definition) is 1. The van der Waals surface area contributed by atoms with E-state index >= 15 is 0 Å². The number of nitrogens with two attached hydrogens (primary N) is 1. The van der Waals surface area contributed by atoms with Gasteiger partial charge < -0.3 is 10.5 Å². The van der Waals surface area contributed by atoms with Gasteiger partial charge in [-0.2, -0.15) is 0 Å². The largest absolute Gasteiger partial charge is 0.456 e. The summed E-state index contributed by atoms with van der Waals surface area (Å²) < 4.78 is 6.46. The highest BCUT2D eigenvalue weighted by Gasteiger charge is 2.16. The predicted octanol–water partition coefficient (Wildman–Crippen LogP) is 1.60. The molecule has 0 unspecified atom stereocenters. The molecule has 0 spiro atoms. The first-order chi connectivity index (χ1) is 11.5. The molecule has 3 rings (SSSR count). The Bertz CT molecular complexity index is 1010. The molecule has 0 atom stereocenters. The van der Waals surface area contributed by atoms with Crippen LogP contribution < -0.4 is 11.3 Å². The van der Waals surface area contributed by atoms with Gasteiger partial charge in [0.1, 0.15) is 6.61 Å². The lowest BCUT2D eigenvalue weighted by molar-refractivity contribution is -0.384. The topological polar surface area (TPSA) is 130 Å². The van der Waals surface area contributed by atoms with Gasteiger partial charge in [0.05, 0.1) is 21.9 Å². The highest BCUT2D eigenvalue weighted by molar-refractivity contribution is 7.15. The van der Waals surface area contributed by atoms with Gasteiger partial charge in [-0.3, -0.25) is 19.3 Å². The van der Waals surface area contributed by atoms with Crippen molar-refractivity contribution in [3.63, 3.8) is 0 Å². The number of rotatable bonds is 4. The fourth-order valence-electron chi connectivity index (χ4n) is 2.03. The molecule has 0 aliphatic carbocycles. The number of anilines is 1. The average Bonchev–Trinajstić information content (AvgIpc) is 3.01. The number of esters is 1. The minimum Gasteiger partial charge on any atom is -0.456 e. The van der Waals surface area contributed by atoms with E-state index in [1.165, 1.54) is 27.9 Å². The Morgan fingerprint density at radius 1 is 1.42 bits per heavy atom. The quantitative estimate of drug-likeness (QED) is 0.328. The minimum absolute atomic E-state index is 0.00882. The van der Waals surface area contributed by atoms with Gasteiger partial charge >= 0.3 is 5.97 Å². The third-order valence-corrected chi connectivity index (χ3v) is 3.93. The molecule has 0 bridgehead atoms. The van der Waals surface area contributed by atoms with Gasteiger partial charge in [-0.05, 0) is 6.07 Å². The maximum absolute atomic E-state index is 12.0. The van der Waals surface area contributed by atoms with Crippen LogP contribution in [0.1, 0.15) is 16.1 Å². The van der Waals surface area contributed by atoms with Crippen LogP contribution in [0.25, 0.3) is 4.96 Å². The van der Waals surface area contributed by atoms with E-state index in [1.807, 2.05) is 0 Å². The Morgan fingerprint density at radius 3 is 2.92 bits per heavy atom. The van der Waals surface area contributed by atoms with Gasteiger partial charge in [-0.25, -0.2) is 9.78 Å². The maximum Gasteiger partial charge on any atom is 0.340 e. The SMILES string of the molecule is Nc1cc([N+](=O)[O-])ccc1C(=O)OCc1cc(=O)n2ccsc2n1. The summed E-state index contributed by atoms with van der Waals surface area (Å²) in [7, 11) is 0. The van der Waals surface area contributed by atoms with Crippen molar-refractivity contribution in [3.05, 3.63) is 67.6 Å². The summed E-state index contributed by atoms with van der Waals surface area (Å²) in [6.07, 6.45) is 1.60. The number of nitro benzene ring substituents is 1. The van der Waals surface area contributed by atoms with E-state index in [2.05, 4.69) is 4.98 Å². The van der Waals surface area contributed by atoms with Crippen LogP contribution in [0.15, 0.2) is 40.6 Å². The molecule has 1 aromatic carbocycles. The van der Waals surface area contributed by atoms with Crippen LogP contribution in [0.4, 0.5) is 11.4 Å². The molecule has 9 nitrogen and oxygen atoms in total. The molecular weight excluding hydrogens is 336 g/mol. The summed E-state index contributed by atoms with van der Waals surface area (Å²) in [6.45, 7) is -0.209. The molecule has 10 heteroatoms. The second-order valence-electron chi connectivity index (χ2n) is 4.75. The Labute approximate surface area is 138 Å². The fraction of sp³-hybridized carbons (Fsp3) is 0.0714. The number of non-ortho nitro benzene ring substituents is 1. The molecule has 0 saturated carbocycles. The number of fused-ring (bicyclic) bond motifs is 1. The Morgan fingerprint density at radius 2 is 2.21 bits per heavy atom. The second-order valence-corrected chi connectivity index (χ2v) is 5.62. The summed E-state index contributed by atoms with van der Waals surface area (Å²) >= 11 is 1.28. The van der Waals surface area contributed by atoms with Gasteiger partial charge in [-0.1, -0.05) is 0 Å². The molecule has 0 aliphatic heterocycles. The number of carbonyl (C=O) groups is 1. The number of aromatic nitrogens is 2. The average molecular weight is 346 g/mol. The summed E-state index contributed by atoms with van der Waals surface area (Å²) in [5, 5.41) is 12.4. The molecule has 0 radical (unpaired) electrons. The van der Waals surface area contributed by atoms with E-state index < -0.39 is 10.9 Å². The second kappa shape index (κ2) is 6.08. The number of benzene rings is 1. The van der Waals surface area contributed by atoms with E-state index in [1.54, 1.807) is 11.6 Å². The summed E-state index contributed by atoms with van der Waals surface area (Å²) in [6, 6.07) is 4.74. The van der Waals surface area contributed by atoms with Crippen LogP contribution in [-0.4, -0.2) is 20.3 Å². The normalized spacial score (nSPS) is 10.7. The monoisotopic (exact) mass is 346 g/mol. The van der Waals surface area contributed by atoms with E-state index in [9.17, 15) is 19.7 Å². The predicted molar refractivity (Wildman–Crippen MR) is 86.0 cm³/mol. The van der Waals surface area contributed by atoms with Gasteiger partial charge in [0, 0.05) is 29.8 Å². The maximum atomic E-state index is 12.0. The minimum atomic E-state index is -0.754. The van der Waals surface area contributed by atoms with Crippen LogP contribution >= 0.6 is 11.3 Å². The van der Waals surface area contributed by atoms with Gasteiger partial charge in [0.2, 0.25) is 0 Å². The third-order valence-electron chi connectivity index (χ3n) is 3.17. The first-order valence-corrected chi connectivity index (χ1v) is 7.50. The number of thiazole rings is 1. The smallest absolute Gasteiger partial charge is 0.340 e. The fourth-order valence-corrected chi connectivity index (χ4v) is 2.77. The van der Waals surface area contributed by atoms with Crippen molar-refractivity contribution < 1.29 is 14.5 Å². The van der Waals surface area contributed by atoms with Crippen molar-refractivity contribution in [1.82, 2.24) is 9.38 Å². The molecule has 2 aromatic heterocycles. The number of carbonyl (C=O) groups excluding carboxylic acids is 1.